The lowest BCUT2D eigenvalue weighted by atomic mass is 10.2. The second-order valence-corrected chi connectivity index (χ2v) is 4.33. The van der Waals surface area contributed by atoms with Crippen LogP contribution < -0.4 is 0 Å². The fourth-order valence-corrected chi connectivity index (χ4v) is 1.15. The van der Waals surface area contributed by atoms with Crippen molar-refractivity contribution < 1.29 is 39.6 Å². The maximum Gasteiger partial charge on any atom is 0.335 e. The van der Waals surface area contributed by atoms with Gasteiger partial charge in [0.15, 0.2) is 0 Å². The first kappa shape index (κ1) is 24.6. The van der Waals surface area contributed by atoms with Crippen molar-refractivity contribution in [2.24, 2.45) is 0 Å². The summed E-state index contributed by atoms with van der Waals surface area (Å²) in [6, 6.07) is 8.30. The van der Waals surface area contributed by atoms with Gasteiger partial charge in [-0.25, -0.2) is 9.59 Å². The number of rotatable bonds is 7. The molecule has 1 aromatic rings. The molecule has 0 aliphatic heterocycles. The van der Waals surface area contributed by atoms with Crippen molar-refractivity contribution in [3.05, 3.63) is 72.9 Å². The van der Waals surface area contributed by atoms with Gasteiger partial charge >= 0.3 is 23.9 Å². The van der Waals surface area contributed by atoms with Gasteiger partial charge in [-0.3, -0.25) is 9.59 Å². The van der Waals surface area contributed by atoms with E-state index in [0.29, 0.717) is 5.56 Å². The number of carboxylic acid groups (broad SMARTS) is 4. The van der Waals surface area contributed by atoms with Crippen LogP contribution in [0.3, 0.4) is 0 Å². The van der Waals surface area contributed by atoms with Crippen molar-refractivity contribution in [3.63, 3.8) is 0 Å². The molecule has 140 valence electrons. The summed E-state index contributed by atoms with van der Waals surface area (Å²) < 4.78 is 0. The quantitative estimate of drug-likeness (QED) is 0.426. The molecule has 0 unspecified atom stereocenters. The molecule has 26 heavy (non-hydrogen) atoms. The van der Waals surface area contributed by atoms with Gasteiger partial charge < -0.3 is 20.4 Å². The Labute approximate surface area is 150 Å². The van der Waals surface area contributed by atoms with Crippen molar-refractivity contribution >= 4 is 23.9 Å². The minimum absolute atomic E-state index is 0.157. The Kier molecular flexibility index (Phi) is 14.1. The van der Waals surface area contributed by atoms with Crippen LogP contribution in [0.5, 0.6) is 0 Å². The molecule has 0 radical (unpaired) electrons. The smallest absolute Gasteiger partial charge is 0.335 e. The summed E-state index contributed by atoms with van der Waals surface area (Å²) in [4.78, 5) is 39.6. The van der Waals surface area contributed by atoms with Crippen molar-refractivity contribution in [1.82, 2.24) is 0 Å². The van der Waals surface area contributed by atoms with E-state index >= 15 is 0 Å². The number of carboxylic acids is 4. The highest BCUT2D eigenvalue weighted by molar-refractivity contribution is 5.90. The third kappa shape index (κ3) is 15.2. The maximum absolute atomic E-state index is 10.2. The first-order valence-corrected chi connectivity index (χ1v) is 7.06. The first-order valence-electron chi connectivity index (χ1n) is 7.06. The number of carbonyl (C=O) groups is 4. The van der Waals surface area contributed by atoms with Crippen molar-refractivity contribution in [2.45, 2.75) is 12.8 Å². The van der Waals surface area contributed by atoms with Crippen LogP contribution in [0.25, 0.3) is 0 Å². The summed E-state index contributed by atoms with van der Waals surface area (Å²) in [7, 11) is 0. The van der Waals surface area contributed by atoms with Crippen molar-refractivity contribution in [1.29, 1.82) is 0 Å². The molecule has 8 heteroatoms. The molecular formula is C18H20O8. The molecule has 0 atom stereocenters. The lowest BCUT2D eigenvalue weighted by Crippen LogP contribution is -2.00. The minimum atomic E-state index is -1.08. The molecule has 1 rings (SSSR count). The topological polar surface area (TPSA) is 149 Å². The lowest BCUT2D eigenvalue weighted by Gasteiger charge is -1.88. The summed E-state index contributed by atoms with van der Waals surface area (Å²) in [5.74, 6) is -4.01. The largest absolute Gasteiger partial charge is 0.481 e. The van der Waals surface area contributed by atoms with Crippen LogP contribution >= 0.6 is 0 Å². The van der Waals surface area contributed by atoms with Crippen LogP contribution in [-0.2, 0) is 14.4 Å². The Bertz CT molecular complexity index is 645. The number of allylic oxidation sites excluding steroid dienone is 2. The number of hydrogen-bond acceptors (Lipinski definition) is 4. The number of hydrogen-bond donors (Lipinski definition) is 4. The molecule has 0 bridgehead atoms. The molecule has 0 aliphatic carbocycles. The third-order valence-electron chi connectivity index (χ3n) is 2.34. The molecule has 4 N–H and O–H groups in total. The first-order chi connectivity index (χ1) is 12.1. The Hall–Kier alpha value is -3.68. The Balaban J connectivity index is 0. The highest BCUT2D eigenvalue weighted by atomic mass is 16.4. The Morgan fingerprint density at radius 3 is 1.50 bits per heavy atom. The van der Waals surface area contributed by atoms with Crippen LogP contribution in [-0.4, -0.2) is 44.3 Å². The zero-order valence-electron chi connectivity index (χ0n) is 13.9. The summed E-state index contributed by atoms with van der Waals surface area (Å²) in [6.07, 6.45) is 3.47. The van der Waals surface area contributed by atoms with E-state index in [1.54, 1.807) is 30.3 Å². The van der Waals surface area contributed by atoms with Crippen LogP contribution in [0.15, 0.2) is 67.3 Å². The molecular weight excluding hydrogens is 344 g/mol. The van der Waals surface area contributed by atoms with E-state index < -0.39 is 23.9 Å². The zero-order valence-corrected chi connectivity index (χ0v) is 13.9. The molecule has 1 aromatic carbocycles. The second-order valence-electron chi connectivity index (χ2n) is 4.33. The van der Waals surface area contributed by atoms with Gasteiger partial charge in [0, 0.05) is 0 Å². The molecule has 0 fully saturated rings. The van der Waals surface area contributed by atoms with E-state index in [-0.39, 0.29) is 18.4 Å². The maximum atomic E-state index is 10.2. The van der Waals surface area contributed by atoms with Gasteiger partial charge in [0.05, 0.1) is 24.0 Å². The van der Waals surface area contributed by atoms with E-state index in [2.05, 4.69) is 13.2 Å². The SMILES string of the molecule is C=C/C=C(\C=C)C(=O)O.O=C(O)CCC(=O)O.O=C(O)c1ccccc1. The normalized spacial score (nSPS) is 9.31. The number of aromatic carboxylic acids is 1. The highest BCUT2D eigenvalue weighted by Gasteiger charge is 2.00. The van der Waals surface area contributed by atoms with Crippen LogP contribution in [0.2, 0.25) is 0 Å². The average Bonchev–Trinajstić information content (AvgIpc) is 2.59. The predicted molar refractivity (Wildman–Crippen MR) is 94.0 cm³/mol. The van der Waals surface area contributed by atoms with Gasteiger partial charge in [-0.05, 0) is 18.2 Å². The van der Waals surface area contributed by atoms with Crippen molar-refractivity contribution in [2.75, 3.05) is 0 Å². The summed E-state index contributed by atoms with van der Waals surface area (Å²) >= 11 is 0. The molecule has 8 nitrogen and oxygen atoms in total. The summed E-state index contributed by atoms with van der Waals surface area (Å²) in [6.45, 7) is 6.65. The minimum Gasteiger partial charge on any atom is -0.481 e. The fourth-order valence-electron chi connectivity index (χ4n) is 1.15. The van der Waals surface area contributed by atoms with E-state index in [1.807, 2.05) is 0 Å². The fraction of sp³-hybridized carbons (Fsp3) is 0.111. The van der Waals surface area contributed by atoms with Crippen molar-refractivity contribution in [3.8, 4) is 0 Å². The predicted octanol–water partition coefficient (Wildman–Crippen LogP) is 2.69. The molecule has 0 aromatic heterocycles. The third-order valence-corrected chi connectivity index (χ3v) is 2.34. The second kappa shape index (κ2) is 14.9. The molecule has 0 spiro atoms. The lowest BCUT2D eigenvalue weighted by molar-refractivity contribution is -0.143. The van der Waals surface area contributed by atoms with Gasteiger partial charge in [0.1, 0.15) is 0 Å². The van der Waals surface area contributed by atoms with Gasteiger partial charge in [-0.15, -0.1) is 0 Å². The monoisotopic (exact) mass is 364 g/mol. The summed E-state index contributed by atoms with van der Waals surface area (Å²) in [5, 5.41) is 32.5. The van der Waals surface area contributed by atoms with E-state index in [9.17, 15) is 19.2 Å². The van der Waals surface area contributed by atoms with Gasteiger partial charge in [-0.2, -0.15) is 0 Å². The highest BCUT2D eigenvalue weighted by Crippen LogP contribution is 1.96. The van der Waals surface area contributed by atoms with Gasteiger partial charge in [-0.1, -0.05) is 43.5 Å². The van der Waals surface area contributed by atoms with Gasteiger partial charge in [0.25, 0.3) is 0 Å². The molecule has 0 saturated heterocycles. The molecule has 0 aliphatic rings. The van der Waals surface area contributed by atoms with E-state index in [0.717, 1.165) is 0 Å². The zero-order chi connectivity index (χ0) is 20.5. The summed E-state index contributed by atoms with van der Waals surface area (Å²) in [5.41, 5.74) is 0.488. The number of aliphatic carboxylic acids is 3. The average molecular weight is 364 g/mol. The molecule has 0 heterocycles. The van der Waals surface area contributed by atoms with Crippen LogP contribution in [0.1, 0.15) is 23.2 Å². The van der Waals surface area contributed by atoms with Crippen LogP contribution in [0, 0.1) is 0 Å². The van der Waals surface area contributed by atoms with Crippen LogP contribution in [0.4, 0.5) is 0 Å². The molecule has 0 amide bonds. The van der Waals surface area contributed by atoms with Gasteiger partial charge in [0.2, 0.25) is 0 Å². The standard InChI is InChI=1S/C7H6O2.C7H8O2.C4H6O4/c8-7(9)6-4-2-1-3-5-6;1-3-5-6(4-2)7(8)9;5-3(6)1-2-4(7)8/h1-5H,(H,8,9);3-5H,1-2H2,(H,8,9);1-2H2,(H,5,6)(H,7,8)/b;6-5+;. The Morgan fingerprint density at radius 1 is 0.846 bits per heavy atom. The Morgan fingerprint density at radius 2 is 1.31 bits per heavy atom. The van der Waals surface area contributed by atoms with E-state index in [1.165, 1.54) is 18.2 Å². The number of benzene rings is 1. The molecule has 0 saturated carbocycles. The van der Waals surface area contributed by atoms with E-state index in [4.69, 9.17) is 20.4 Å².